The van der Waals surface area contributed by atoms with E-state index in [9.17, 15) is 5.11 Å². The van der Waals surface area contributed by atoms with Crippen molar-refractivity contribution < 1.29 is 5.11 Å². The number of nitrogens with zero attached hydrogens (tertiary/aromatic N) is 5. The lowest BCUT2D eigenvalue weighted by Gasteiger charge is -2.32. The third kappa shape index (κ3) is 3.52. The second kappa shape index (κ2) is 6.90. The van der Waals surface area contributed by atoms with Crippen LogP contribution in [-0.4, -0.2) is 48.5 Å². The van der Waals surface area contributed by atoms with Crippen LogP contribution >= 0.6 is 12.2 Å². The molecule has 1 saturated heterocycles. The Morgan fingerprint density at radius 2 is 1.96 bits per heavy atom. The first-order chi connectivity index (χ1) is 11.1. The highest BCUT2D eigenvalue weighted by Crippen LogP contribution is 2.21. The average Bonchev–Trinajstić information content (AvgIpc) is 2.85. The summed E-state index contributed by atoms with van der Waals surface area (Å²) in [4.78, 5) is 6.39. The van der Waals surface area contributed by atoms with E-state index in [0.717, 1.165) is 42.1 Å². The fourth-order valence-corrected chi connectivity index (χ4v) is 3.28. The molecule has 1 aliphatic rings. The van der Waals surface area contributed by atoms with Gasteiger partial charge in [-0.1, -0.05) is 0 Å². The highest BCUT2D eigenvalue weighted by atomic mass is 32.1. The summed E-state index contributed by atoms with van der Waals surface area (Å²) in [5.41, 5.74) is 1.01. The predicted octanol–water partition coefficient (Wildman–Crippen LogP) is 2.06. The van der Waals surface area contributed by atoms with E-state index < -0.39 is 0 Å². The van der Waals surface area contributed by atoms with Gasteiger partial charge >= 0.3 is 0 Å². The number of aliphatic hydroxyl groups excluding tert-OH is 1. The van der Waals surface area contributed by atoms with Crippen LogP contribution in [0.2, 0.25) is 0 Å². The molecule has 2 aromatic rings. The zero-order chi connectivity index (χ0) is 16.4. The summed E-state index contributed by atoms with van der Waals surface area (Å²) in [6.45, 7) is 4.53. The van der Waals surface area contributed by atoms with E-state index in [1.165, 1.54) is 0 Å². The minimum absolute atomic E-state index is 0.215. The zero-order valence-corrected chi connectivity index (χ0v) is 14.4. The topological polar surface area (TPSA) is 59.1 Å². The quantitative estimate of drug-likeness (QED) is 0.868. The summed E-state index contributed by atoms with van der Waals surface area (Å²) < 4.78 is 4.54. The van der Waals surface area contributed by atoms with Crippen molar-refractivity contribution in [3.05, 3.63) is 29.3 Å². The number of aliphatic hydroxyl groups is 1. The van der Waals surface area contributed by atoms with Gasteiger partial charge in [-0.05, 0) is 50.0 Å². The molecule has 23 heavy (non-hydrogen) atoms. The second-order valence-corrected chi connectivity index (χ2v) is 6.60. The van der Waals surface area contributed by atoms with Crippen LogP contribution in [0.5, 0.6) is 0 Å². The van der Waals surface area contributed by atoms with Crippen molar-refractivity contribution in [3.8, 4) is 11.4 Å². The van der Waals surface area contributed by atoms with Crippen LogP contribution in [-0.2, 0) is 13.7 Å². The number of likely N-dealkylation sites (tertiary alicyclic amines) is 1. The van der Waals surface area contributed by atoms with Crippen LogP contribution in [0.25, 0.3) is 11.4 Å². The Bertz CT molecular complexity index is 701. The van der Waals surface area contributed by atoms with Gasteiger partial charge in [-0.15, -0.1) is 0 Å². The summed E-state index contributed by atoms with van der Waals surface area (Å²) in [6.07, 6.45) is 5.35. The summed E-state index contributed by atoms with van der Waals surface area (Å²) in [5, 5.41) is 14.4. The number of rotatable bonds is 4. The van der Waals surface area contributed by atoms with E-state index in [1.54, 1.807) is 12.4 Å². The second-order valence-electron chi connectivity index (χ2n) is 6.24. The highest BCUT2D eigenvalue weighted by molar-refractivity contribution is 7.71. The minimum atomic E-state index is -0.215. The Hall–Kier alpha value is -1.57. The molecule has 7 heteroatoms. The van der Waals surface area contributed by atoms with Crippen LogP contribution in [0.4, 0.5) is 0 Å². The fraction of sp³-hybridized carbons (Fsp3) is 0.562. The van der Waals surface area contributed by atoms with Crippen molar-refractivity contribution in [1.82, 2.24) is 24.2 Å². The molecule has 0 aliphatic carbocycles. The Morgan fingerprint density at radius 1 is 1.30 bits per heavy atom. The minimum Gasteiger partial charge on any atom is -0.393 e. The third-order valence-electron chi connectivity index (χ3n) is 4.63. The Balaban J connectivity index is 1.74. The maximum atomic E-state index is 9.70. The Kier molecular flexibility index (Phi) is 4.89. The molecular formula is C16H23N5OS. The summed E-state index contributed by atoms with van der Waals surface area (Å²) in [6, 6.07) is 3.88. The van der Waals surface area contributed by atoms with Gasteiger partial charge in [0.2, 0.25) is 0 Å². The van der Waals surface area contributed by atoms with Crippen molar-refractivity contribution >= 4 is 12.2 Å². The largest absolute Gasteiger partial charge is 0.393 e. The van der Waals surface area contributed by atoms with E-state index in [-0.39, 0.29) is 6.10 Å². The fourth-order valence-electron chi connectivity index (χ4n) is 3.10. The van der Waals surface area contributed by atoms with E-state index in [1.807, 2.05) is 35.4 Å². The molecule has 1 fully saturated rings. The maximum Gasteiger partial charge on any atom is 0.199 e. The number of pyridine rings is 1. The lowest BCUT2D eigenvalue weighted by molar-refractivity contribution is 0.0592. The molecule has 0 aromatic carbocycles. The zero-order valence-electron chi connectivity index (χ0n) is 13.6. The molecule has 0 spiro atoms. The predicted molar refractivity (Wildman–Crippen MR) is 91.2 cm³/mol. The van der Waals surface area contributed by atoms with Crippen molar-refractivity contribution in [2.45, 2.75) is 32.5 Å². The molecule has 1 atom stereocenters. The molecule has 3 rings (SSSR count). The molecular weight excluding hydrogens is 310 g/mol. The SMILES string of the molecule is CC(O)C1CCN(Cn2nc(-c3ccncc3)n(C)c2=S)CC1. The van der Waals surface area contributed by atoms with Crippen LogP contribution in [0, 0.1) is 10.7 Å². The Morgan fingerprint density at radius 3 is 2.57 bits per heavy atom. The first-order valence-electron chi connectivity index (χ1n) is 8.01. The molecule has 124 valence electrons. The van der Waals surface area contributed by atoms with Gasteiger partial charge < -0.3 is 9.67 Å². The lowest BCUT2D eigenvalue weighted by Crippen LogP contribution is -2.38. The van der Waals surface area contributed by atoms with Gasteiger partial charge in [-0.25, -0.2) is 4.68 Å². The third-order valence-corrected chi connectivity index (χ3v) is 5.11. The highest BCUT2D eigenvalue weighted by Gasteiger charge is 2.23. The molecule has 1 aliphatic heterocycles. The smallest absolute Gasteiger partial charge is 0.199 e. The number of piperidine rings is 1. The van der Waals surface area contributed by atoms with Crippen LogP contribution in [0.1, 0.15) is 19.8 Å². The molecule has 1 N–H and O–H groups in total. The van der Waals surface area contributed by atoms with Crippen molar-refractivity contribution in [1.29, 1.82) is 0 Å². The normalized spacial score (nSPS) is 18.2. The maximum absolute atomic E-state index is 9.70. The molecule has 2 aromatic heterocycles. The number of hydrogen-bond acceptors (Lipinski definition) is 5. The standard InChI is InChI=1S/C16H23N5OS/c1-12(22)13-5-9-20(10-6-13)11-21-16(23)19(2)15(18-21)14-3-7-17-8-4-14/h3-4,7-8,12-13,22H,5-6,9-11H2,1-2H3. The van der Waals surface area contributed by atoms with Crippen LogP contribution < -0.4 is 0 Å². The van der Waals surface area contributed by atoms with E-state index in [2.05, 4.69) is 15.0 Å². The Labute approximate surface area is 141 Å². The van der Waals surface area contributed by atoms with Crippen molar-refractivity contribution in [2.24, 2.45) is 13.0 Å². The molecule has 1 unspecified atom stereocenters. The molecule has 0 saturated carbocycles. The van der Waals surface area contributed by atoms with E-state index in [0.29, 0.717) is 12.6 Å². The van der Waals surface area contributed by atoms with E-state index in [4.69, 9.17) is 12.2 Å². The lowest BCUT2D eigenvalue weighted by atomic mass is 9.92. The van der Waals surface area contributed by atoms with Gasteiger partial charge in [-0.3, -0.25) is 9.88 Å². The molecule has 0 amide bonds. The van der Waals surface area contributed by atoms with Crippen LogP contribution in [0.3, 0.4) is 0 Å². The number of hydrogen-bond donors (Lipinski definition) is 1. The first kappa shape index (κ1) is 16.3. The average molecular weight is 333 g/mol. The van der Waals surface area contributed by atoms with Gasteiger partial charge in [0.05, 0.1) is 12.8 Å². The monoisotopic (exact) mass is 333 g/mol. The first-order valence-corrected chi connectivity index (χ1v) is 8.41. The van der Waals surface area contributed by atoms with Gasteiger partial charge in [0.25, 0.3) is 0 Å². The van der Waals surface area contributed by atoms with Crippen molar-refractivity contribution in [3.63, 3.8) is 0 Å². The molecule has 3 heterocycles. The van der Waals surface area contributed by atoms with Gasteiger partial charge in [-0.2, -0.15) is 5.10 Å². The van der Waals surface area contributed by atoms with Gasteiger partial charge in [0.15, 0.2) is 10.6 Å². The summed E-state index contributed by atoms with van der Waals surface area (Å²) >= 11 is 5.53. The van der Waals surface area contributed by atoms with E-state index >= 15 is 0 Å². The number of aromatic nitrogens is 4. The molecule has 6 nitrogen and oxygen atoms in total. The van der Waals surface area contributed by atoms with Gasteiger partial charge in [0, 0.05) is 38.1 Å². The molecule has 0 bridgehead atoms. The summed E-state index contributed by atoms with van der Waals surface area (Å²) in [5.74, 6) is 1.27. The van der Waals surface area contributed by atoms with Gasteiger partial charge in [0.1, 0.15) is 0 Å². The van der Waals surface area contributed by atoms with Crippen LogP contribution in [0.15, 0.2) is 24.5 Å². The molecule has 0 radical (unpaired) electrons. The summed E-state index contributed by atoms with van der Waals surface area (Å²) in [7, 11) is 1.95. The van der Waals surface area contributed by atoms with Crippen molar-refractivity contribution in [2.75, 3.05) is 13.1 Å².